The van der Waals surface area contributed by atoms with E-state index in [9.17, 15) is 4.21 Å². The van der Waals surface area contributed by atoms with Gasteiger partial charge in [0.1, 0.15) is 0 Å². The van der Waals surface area contributed by atoms with E-state index >= 15 is 0 Å². The van der Waals surface area contributed by atoms with Gasteiger partial charge in [0.2, 0.25) is 0 Å². The van der Waals surface area contributed by atoms with Gasteiger partial charge in [0.05, 0.1) is 9.73 Å². The summed E-state index contributed by atoms with van der Waals surface area (Å²) in [4.78, 5) is 0. The summed E-state index contributed by atoms with van der Waals surface area (Å²) in [5.74, 6) is 0. The van der Waals surface area contributed by atoms with Gasteiger partial charge in [0.15, 0.2) is 0 Å². The molecule has 0 spiro atoms. The van der Waals surface area contributed by atoms with Gasteiger partial charge in [-0.25, -0.2) is 4.21 Å². The van der Waals surface area contributed by atoms with Crippen LogP contribution in [0.25, 0.3) is 0 Å². The van der Waals surface area contributed by atoms with E-state index in [1.165, 1.54) is 0 Å². The van der Waals surface area contributed by atoms with Crippen LogP contribution in [0.3, 0.4) is 0 Å². The minimum absolute atomic E-state index is 0.201. The molecule has 1 aliphatic carbocycles. The highest BCUT2D eigenvalue weighted by molar-refractivity contribution is 7.94. The van der Waals surface area contributed by atoms with Crippen LogP contribution in [0.5, 0.6) is 0 Å². The Morgan fingerprint density at radius 2 is 1.80 bits per heavy atom. The van der Waals surface area contributed by atoms with Crippen LogP contribution in [-0.2, 0) is 9.73 Å². The van der Waals surface area contributed by atoms with Gasteiger partial charge in [-0.15, -0.1) is 0 Å². The van der Waals surface area contributed by atoms with Crippen molar-refractivity contribution in [3.8, 4) is 0 Å². The Kier molecular flexibility index (Phi) is 1.59. The van der Waals surface area contributed by atoms with Crippen molar-refractivity contribution in [2.24, 2.45) is 0 Å². The van der Waals surface area contributed by atoms with Gasteiger partial charge >= 0.3 is 0 Å². The summed E-state index contributed by atoms with van der Waals surface area (Å²) >= 11 is 0. The molecule has 1 unspecified atom stereocenters. The topological polar surface area (TPSA) is 40.9 Å². The van der Waals surface area contributed by atoms with Crippen molar-refractivity contribution in [1.29, 1.82) is 4.78 Å². The van der Waals surface area contributed by atoms with Crippen LogP contribution in [0, 0.1) is 4.78 Å². The fraction of sp³-hybridized carbons (Fsp3) is 1.00. The molecule has 0 aromatic rings. The van der Waals surface area contributed by atoms with Crippen molar-refractivity contribution < 1.29 is 4.21 Å². The maximum Gasteiger partial charge on any atom is 0.0520 e. The molecule has 0 aromatic heterocycles. The number of nitrogens with one attached hydrogen (secondary N) is 1. The molecule has 2 nitrogen and oxygen atoms in total. The Morgan fingerprint density at radius 1 is 1.40 bits per heavy atom. The summed E-state index contributed by atoms with van der Waals surface area (Å²) in [6.07, 6.45) is 2.00. The summed E-state index contributed by atoms with van der Waals surface area (Å²) in [6.45, 7) is 5.67. The smallest absolute Gasteiger partial charge is 0.0520 e. The molecule has 1 aliphatic rings. The summed E-state index contributed by atoms with van der Waals surface area (Å²) in [5.41, 5.74) is 0. The van der Waals surface area contributed by atoms with Gasteiger partial charge in [-0.1, -0.05) is 0 Å². The predicted molar refractivity (Wildman–Crippen MR) is 43.6 cm³/mol. The van der Waals surface area contributed by atoms with E-state index in [0.29, 0.717) is 0 Å². The normalized spacial score (nSPS) is 25.9. The third-order valence-electron chi connectivity index (χ3n) is 1.90. The average Bonchev–Trinajstić information content (AvgIpc) is 2.38. The van der Waals surface area contributed by atoms with Crippen LogP contribution >= 0.6 is 0 Å². The molecule has 60 valence electrons. The Balaban J connectivity index is 2.88. The van der Waals surface area contributed by atoms with Crippen molar-refractivity contribution in [3.05, 3.63) is 0 Å². The van der Waals surface area contributed by atoms with E-state index in [2.05, 4.69) is 0 Å². The molecule has 1 saturated carbocycles. The summed E-state index contributed by atoms with van der Waals surface area (Å²) in [6, 6.07) is 0. The Morgan fingerprint density at radius 3 is 1.90 bits per heavy atom. The quantitative estimate of drug-likeness (QED) is 0.627. The van der Waals surface area contributed by atoms with E-state index in [-0.39, 0.29) is 10.00 Å². The van der Waals surface area contributed by atoms with Gasteiger partial charge in [0, 0.05) is 10.00 Å². The Bertz CT molecular complexity index is 218. The molecular weight excluding hydrogens is 146 g/mol. The van der Waals surface area contributed by atoms with Crippen LogP contribution in [0.2, 0.25) is 0 Å². The highest BCUT2D eigenvalue weighted by Gasteiger charge is 2.39. The second-order valence-electron chi connectivity index (χ2n) is 3.91. The third-order valence-corrected chi connectivity index (χ3v) is 5.13. The minimum atomic E-state index is -2.30. The van der Waals surface area contributed by atoms with Crippen LogP contribution in [0.4, 0.5) is 0 Å². The van der Waals surface area contributed by atoms with E-state index in [1.807, 2.05) is 20.8 Å². The van der Waals surface area contributed by atoms with Crippen LogP contribution < -0.4 is 0 Å². The maximum atomic E-state index is 11.6. The van der Waals surface area contributed by atoms with E-state index in [0.717, 1.165) is 12.8 Å². The van der Waals surface area contributed by atoms with Gasteiger partial charge in [0.25, 0.3) is 0 Å². The van der Waals surface area contributed by atoms with Crippen molar-refractivity contribution in [2.75, 3.05) is 0 Å². The first-order chi connectivity index (χ1) is 4.36. The molecule has 3 heteroatoms. The first-order valence-electron chi connectivity index (χ1n) is 3.63. The standard InChI is InChI=1S/C7H15NOS/c1-7(2,3)10(8,9)6-4-5-6/h6,8H,4-5H2,1-3H3. The molecule has 1 N–H and O–H groups in total. The van der Waals surface area contributed by atoms with Crippen LogP contribution in [0.15, 0.2) is 0 Å². The molecule has 0 saturated heterocycles. The zero-order valence-electron chi connectivity index (χ0n) is 6.81. The molecular formula is C7H15NOS. The van der Waals surface area contributed by atoms with Crippen molar-refractivity contribution in [3.63, 3.8) is 0 Å². The summed E-state index contributed by atoms with van der Waals surface area (Å²) in [5, 5.41) is 0.201. The lowest BCUT2D eigenvalue weighted by atomic mass is 10.3. The molecule has 0 radical (unpaired) electrons. The molecule has 10 heavy (non-hydrogen) atoms. The molecule has 0 bridgehead atoms. The number of rotatable bonds is 1. The highest BCUT2D eigenvalue weighted by atomic mass is 32.2. The minimum Gasteiger partial charge on any atom is -0.252 e. The van der Waals surface area contributed by atoms with Crippen molar-refractivity contribution in [1.82, 2.24) is 0 Å². The van der Waals surface area contributed by atoms with Gasteiger partial charge in [-0.2, -0.15) is 0 Å². The van der Waals surface area contributed by atoms with E-state index < -0.39 is 9.73 Å². The predicted octanol–water partition coefficient (Wildman–Crippen LogP) is 1.99. The van der Waals surface area contributed by atoms with Crippen molar-refractivity contribution in [2.45, 2.75) is 43.6 Å². The second kappa shape index (κ2) is 1.97. The summed E-state index contributed by atoms with van der Waals surface area (Å²) < 4.78 is 18.9. The molecule has 0 aliphatic heterocycles. The lowest BCUT2D eigenvalue weighted by Gasteiger charge is -2.21. The Hall–Kier alpha value is -0.0500. The SMILES string of the molecule is CC(C)(C)S(=N)(=O)C1CC1. The molecule has 1 rings (SSSR count). The fourth-order valence-electron chi connectivity index (χ4n) is 0.900. The monoisotopic (exact) mass is 161 g/mol. The zero-order chi connectivity index (χ0) is 7.99. The van der Waals surface area contributed by atoms with Gasteiger partial charge in [-0.05, 0) is 33.6 Å². The number of hydrogen-bond acceptors (Lipinski definition) is 2. The van der Waals surface area contributed by atoms with E-state index in [1.54, 1.807) is 0 Å². The van der Waals surface area contributed by atoms with Crippen LogP contribution in [0.1, 0.15) is 33.6 Å². The first-order valence-corrected chi connectivity index (χ1v) is 5.25. The Labute approximate surface area is 63.0 Å². The first kappa shape index (κ1) is 8.05. The fourth-order valence-corrected chi connectivity index (χ4v) is 2.70. The maximum absolute atomic E-state index is 11.6. The average molecular weight is 161 g/mol. The zero-order valence-corrected chi connectivity index (χ0v) is 7.62. The lowest BCUT2D eigenvalue weighted by molar-refractivity contribution is 0.636. The lowest BCUT2D eigenvalue weighted by Crippen LogP contribution is -2.29. The van der Waals surface area contributed by atoms with Gasteiger partial charge in [-0.3, -0.25) is 4.78 Å². The van der Waals surface area contributed by atoms with Crippen molar-refractivity contribution >= 4 is 9.73 Å². The van der Waals surface area contributed by atoms with Gasteiger partial charge < -0.3 is 0 Å². The third kappa shape index (κ3) is 1.19. The van der Waals surface area contributed by atoms with E-state index in [4.69, 9.17) is 4.78 Å². The molecule has 0 aromatic carbocycles. The molecule has 0 amide bonds. The highest BCUT2D eigenvalue weighted by Crippen LogP contribution is 2.36. The molecule has 1 atom stereocenters. The molecule has 1 fully saturated rings. The molecule has 0 heterocycles. The largest absolute Gasteiger partial charge is 0.252 e. The summed E-state index contributed by atoms with van der Waals surface area (Å²) in [7, 11) is -2.30. The second-order valence-corrected chi connectivity index (χ2v) is 7.01. The number of hydrogen-bond donors (Lipinski definition) is 1. The van der Waals surface area contributed by atoms with Crippen LogP contribution in [-0.4, -0.2) is 14.2 Å².